The van der Waals surface area contributed by atoms with Crippen molar-refractivity contribution in [3.8, 4) is 0 Å². The molecule has 2 N–H and O–H groups in total. The molecule has 0 aromatic heterocycles. The summed E-state index contributed by atoms with van der Waals surface area (Å²) in [5, 5.41) is 12.3. The van der Waals surface area contributed by atoms with Crippen LogP contribution in [-0.2, 0) is 16.1 Å². The minimum absolute atomic E-state index is 0.129. The molecule has 8 heteroatoms. The highest BCUT2D eigenvalue weighted by atomic mass is 16.5. The summed E-state index contributed by atoms with van der Waals surface area (Å²) < 4.78 is 4.48. The number of aliphatic hydroxyl groups is 1. The van der Waals surface area contributed by atoms with Crippen LogP contribution in [0.2, 0.25) is 0 Å². The van der Waals surface area contributed by atoms with E-state index in [4.69, 9.17) is 0 Å². The Morgan fingerprint density at radius 2 is 1.71 bits per heavy atom. The van der Waals surface area contributed by atoms with Gasteiger partial charge in [0, 0.05) is 24.7 Å². The number of amides is 3. The number of carbonyl (C=O) groups excluding carboxylic acids is 3. The molecule has 8 nitrogen and oxygen atoms in total. The lowest BCUT2D eigenvalue weighted by Gasteiger charge is -2.45. The van der Waals surface area contributed by atoms with Gasteiger partial charge in [0.2, 0.25) is 0 Å². The molecule has 0 bridgehead atoms. The summed E-state index contributed by atoms with van der Waals surface area (Å²) in [4.78, 5) is 42.1. The van der Waals surface area contributed by atoms with Crippen molar-refractivity contribution in [1.82, 2.24) is 15.1 Å². The topological polar surface area (TPSA) is 99.2 Å². The number of hydrogen-bond donors (Lipinski definition) is 2. The second-order valence-corrected chi connectivity index (χ2v) is 12.6. The molecule has 3 amide bonds. The fraction of sp³-hybridized carbons (Fsp3) is 0.700. The fourth-order valence-corrected chi connectivity index (χ4v) is 6.65. The smallest absolute Gasteiger partial charge is 0.336 e. The molecule has 38 heavy (non-hydrogen) atoms. The SMILES string of the molecule is COC(=O)C(O)CNC(=O)c1ccc(CN2C(=O)N(C3CCCCC3)CC23CCC(C(C)(C)C)CC3)cc1. The van der Waals surface area contributed by atoms with E-state index in [1.165, 1.54) is 26.4 Å². The number of carbonyl (C=O) groups is 3. The molecule has 1 spiro atoms. The lowest BCUT2D eigenvalue weighted by molar-refractivity contribution is -0.149. The van der Waals surface area contributed by atoms with Crippen molar-refractivity contribution >= 4 is 17.9 Å². The van der Waals surface area contributed by atoms with Gasteiger partial charge in [-0.2, -0.15) is 0 Å². The quantitative estimate of drug-likeness (QED) is 0.509. The zero-order valence-electron chi connectivity index (χ0n) is 23.5. The van der Waals surface area contributed by atoms with Crippen LogP contribution >= 0.6 is 0 Å². The van der Waals surface area contributed by atoms with Gasteiger partial charge in [0.05, 0.1) is 19.2 Å². The van der Waals surface area contributed by atoms with Crippen molar-refractivity contribution in [2.75, 3.05) is 20.2 Å². The average Bonchev–Trinajstić information content (AvgIpc) is 3.17. The highest BCUT2D eigenvalue weighted by molar-refractivity contribution is 5.94. The first-order valence-corrected chi connectivity index (χ1v) is 14.3. The van der Waals surface area contributed by atoms with Crippen LogP contribution in [0.1, 0.15) is 94.5 Å². The maximum atomic E-state index is 13.9. The van der Waals surface area contributed by atoms with Crippen molar-refractivity contribution in [3.05, 3.63) is 35.4 Å². The van der Waals surface area contributed by atoms with Gasteiger partial charge in [-0.25, -0.2) is 9.59 Å². The van der Waals surface area contributed by atoms with Gasteiger partial charge >= 0.3 is 12.0 Å². The third kappa shape index (κ3) is 6.16. The maximum Gasteiger partial charge on any atom is 0.336 e. The van der Waals surface area contributed by atoms with Gasteiger partial charge in [0.15, 0.2) is 6.10 Å². The molecule has 1 aromatic carbocycles. The molecule has 4 rings (SSSR count). The molecular weight excluding hydrogens is 482 g/mol. The predicted octanol–water partition coefficient (Wildman–Crippen LogP) is 4.50. The Bertz CT molecular complexity index is 988. The van der Waals surface area contributed by atoms with E-state index in [0.717, 1.165) is 50.6 Å². The Morgan fingerprint density at radius 3 is 2.29 bits per heavy atom. The number of aliphatic hydroxyl groups excluding tert-OH is 1. The normalized spacial score (nSPS) is 25.5. The number of nitrogens with zero attached hydrogens (tertiary/aromatic N) is 2. The number of ether oxygens (including phenoxy) is 1. The van der Waals surface area contributed by atoms with Crippen LogP contribution in [0.25, 0.3) is 0 Å². The second kappa shape index (κ2) is 11.6. The molecule has 3 aliphatic rings. The van der Waals surface area contributed by atoms with E-state index in [1.54, 1.807) is 12.1 Å². The van der Waals surface area contributed by atoms with Gasteiger partial charge in [0.25, 0.3) is 5.91 Å². The number of methoxy groups -OCH3 is 1. The van der Waals surface area contributed by atoms with Crippen LogP contribution in [0.3, 0.4) is 0 Å². The summed E-state index contributed by atoms with van der Waals surface area (Å²) in [5.41, 5.74) is 1.58. The van der Waals surface area contributed by atoms with E-state index in [9.17, 15) is 19.5 Å². The van der Waals surface area contributed by atoms with Gasteiger partial charge in [-0.3, -0.25) is 4.79 Å². The average molecular weight is 528 g/mol. The van der Waals surface area contributed by atoms with Gasteiger partial charge in [-0.1, -0.05) is 52.2 Å². The number of nitrogens with one attached hydrogen (secondary N) is 1. The Hall–Kier alpha value is -2.61. The molecule has 2 saturated carbocycles. The third-order valence-corrected chi connectivity index (χ3v) is 9.16. The molecule has 1 unspecified atom stereocenters. The van der Waals surface area contributed by atoms with E-state index in [2.05, 4.69) is 40.6 Å². The van der Waals surface area contributed by atoms with Gasteiger partial charge in [-0.15, -0.1) is 0 Å². The van der Waals surface area contributed by atoms with E-state index < -0.39 is 12.1 Å². The lowest BCUT2D eigenvalue weighted by atomic mass is 9.67. The van der Waals surface area contributed by atoms with Crippen molar-refractivity contribution in [1.29, 1.82) is 0 Å². The monoisotopic (exact) mass is 527 g/mol. The minimum Gasteiger partial charge on any atom is -0.467 e. The first-order valence-electron chi connectivity index (χ1n) is 14.3. The summed E-state index contributed by atoms with van der Waals surface area (Å²) >= 11 is 0. The van der Waals surface area contributed by atoms with Crippen LogP contribution in [0, 0.1) is 11.3 Å². The second-order valence-electron chi connectivity index (χ2n) is 12.6. The fourth-order valence-electron chi connectivity index (χ4n) is 6.65. The van der Waals surface area contributed by atoms with E-state index >= 15 is 0 Å². The lowest BCUT2D eigenvalue weighted by Crippen LogP contribution is -2.50. The molecule has 1 heterocycles. The van der Waals surface area contributed by atoms with Gasteiger partial charge in [-0.05, 0) is 67.6 Å². The standard InChI is InChI=1S/C30H45N3O5/c1-29(2,3)23-14-16-30(17-15-23)20-32(24-8-6-5-7-9-24)28(37)33(30)19-21-10-12-22(13-11-21)26(35)31-18-25(34)27(36)38-4/h10-13,23-25,34H,5-9,14-20H2,1-4H3,(H,31,35). The van der Waals surface area contributed by atoms with Crippen LogP contribution < -0.4 is 5.32 Å². The van der Waals surface area contributed by atoms with Gasteiger partial charge < -0.3 is 25.0 Å². The first kappa shape index (κ1) is 28.4. The zero-order valence-corrected chi connectivity index (χ0v) is 23.5. The van der Waals surface area contributed by atoms with Crippen molar-refractivity contribution in [3.63, 3.8) is 0 Å². The Balaban J connectivity index is 1.47. The summed E-state index contributed by atoms with van der Waals surface area (Å²) in [6.07, 6.45) is 8.83. The number of urea groups is 1. The largest absolute Gasteiger partial charge is 0.467 e. The number of benzene rings is 1. The summed E-state index contributed by atoms with van der Waals surface area (Å²) in [6, 6.07) is 7.79. The van der Waals surface area contributed by atoms with Crippen molar-refractivity contribution in [2.45, 2.75) is 103 Å². The number of hydrogen-bond acceptors (Lipinski definition) is 5. The van der Waals surface area contributed by atoms with Crippen LogP contribution in [0.4, 0.5) is 4.79 Å². The number of rotatable bonds is 7. The number of esters is 1. The summed E-state index contributed by atoms with van der Waals surface area (Å²) in [6.45, 7) is 8.13. The summed E-state index contributed by atoms with van der Waals surface area (Å²) in [5.74, 6) is -0.495. The van der Waals surface area contributed by atoms with E-state index in [0.29, 0.717) is 24.1 Å². The molecule has 0 radical (unpaired) electrons. The molecule has 1 saturated heterocycles. The predicted molar refractivity (Wildman–Crippen MR) is 145 cm³/mol. The molecule has 1 aromatic rings. The molecule has 3 fully saturated rings. The molecule has 1 aliphatic heterocycles. The third-order valence-electron chi connectivity index (χ3n) is 9.16. The van der Waals surface area contributed by atoms with E-state index in [1.807, 2.05) is 12.1 Å². The van der Waals surface area contributed by atoms with E-state index in [-0.39, 0.29) is 29.4 Å². The van der Waals surface area contributed by atoms with Crippen LogP contribution in [-0.4, -0.2) is 70.7 Å². The Labute approximate surface area is 227 Å². The Kier molecular flexibility index (Phi) is 8.70. The summed E-state index contributed by atoms with van der Waals surface area (Å²) in [7, 11) is 1.19. The highest BCUT2D eigenvalue weighted by Crippen LogP contribution is 2.47. The van der Waals surface area contributed by atoms with Crippen LogP contribution in [0.15, 0.2) is 24.3 Å². The Morgan fingerprint density at radius 1 is 1.08 bits per heavy atom. The first-order chi connectivity index (χ1) is 18.0. The maximum absolute atomic E-state index is 13.9. The molecular formula is C30H45N3O5. The zero-order chi connectivity index (χ0) is 27.5. The highest BCUT2D eigenvalue weighted by Gasteiger charge is 2.53. The van der Waals surface area contributed by atoms with Gasteiger partial charge in [0.1, 0.15) is 0 Å². The van der Waals surface area contributed by atoms with Crippen molar-refractivity contribution in [2.24, 2.45) is 11.3 Å². The minimum atomic E-state index is -1.40. The van der Waals surface area contributed by atoms with Crippen molar-refractivity contribution < 1.29 is 24.2 Å². The van der Waals surface area contributed by atoms with Crippen LogP contribution in [0.5, 0.6) is 0 Å². The molecule has 1 atom stereocenters. The molecule has 210 valence electrons. The molecule has 2 aliphatic carbocycles.